The Bertz CT molecular complexity index is 1170. The minimum absolute atomic E-state index is 0. The van der Waals surface area contributed by atoms with Gasteiger partial charge in [0.25, 0.3) is 5.91 Å². The van der Waals surface area contributed by atoms with Crippen LogP contribution in [0.3, 0.4) is 0 Å². The number of aromatic hydroxyl groups is 1. The molecule has 34 heavy (non-hydrogen) atoms. The van der Waals surface area contributed by atoms with E-state index in [2.05, 4.69) is 36.4 Å². The van der Waals surface area contributed by atoms with Crippen molar-refractivity contribution in [1.82, 2.24) is 0 Å². The monoisotopic (exact) mass is 535 g/mol. The average Bonchev–Trinajstić information content (AvgIpc) is 3.25. The van der Waals surface area contributed by atoms with Crippen LogP contribution in [0.15, 0.2) is 109 Å². The Balaban J connectivity index is 0.00000274. The topological polar surface area (TPSA) is 40.5 Å². The van der Waals surface area contributed by atoms with Crippen LogP contribution in [0, 0.1) is 5.82 Å². The van der Waals surface area contributed by atoms with Crippen LogP contribution in [-0.2, 0) is 4.79 Å². The van der Waals surface area contributed by atoms with Gasteiger partial charge in [-0.2, -0.15) is 0 Å². The van der Waals surface area contributed by atoms with Gasteiger partial charge in [0.15, 0.2) is 17.2 Å². The lowest BCUT2D eigenvalue weighted by Crippen LogP contribution is -3.00. The summed E-state index contributed by atoms with van der Waals surface area (Å²) < 4.78 is 14.1. The SMILES string of the molecule is O=C1C([P+](c2ccccc2)(c2ccccc2)c2ccccc2)CCN1c1cccc(F)c1O.[Br-]. The van der Waals surface area contributed by atoms with Crippen molar-refractivity contribution in [3.63, 3.8) is 0 Å². The van der Waals surface area contributed by atoms with Gasteiger partial charge in [0.2, 0.25) is 0 Å². The number of halogens is 2. The summed E-state index contributed by atoms with van der Waals surface area (Å²) >= 11 is 0. The van der Waals surface area contributed by atoms with E-state index in [1.165, 1.54) is 12.1 Å². The third-order valence-electron chi connectivity index (χ3n) is 6.39. The zero-order chi connectivity index (χ0) is 22.8. The summed E-state index contributed by atoms with van der Waals surface area (Å²) in [6.07, 6.45) is 0.612. The molecule has 0 aliphatic carbocycles. The number of phenolic OH excluding ortho intramolecular Hbond substituents is 1. The molecule has 1 saturated heterocycles. The van der Waals surface area contributed by atoms with Gasteiger partial charge < -0.3 is 27.0 Å². The lowest BCUT2D eigenvalue weighted by Gasteiger charge is -2.32. The van der Waals surface area contributed by atoms with Gasteiger partial charge in [0, 0.05) is 13.0 Å². The number of carbonyl (C=O) groups excluding carboxylic acids is 1. The van der Waals surface area contributed by atoms with Crippen molar-refractivity contribution in [3.05, 3.63) is 115 Å². The van der Waals surface area contributed by atoms with E-state index < -0.39 is 18.8 Å². The van der Waals surface area contributed by atoms with Crippen molar-refractivity contribution in [2.75, 3.05) is 11.4 Å². The Labute approximate surface area is 210 Å². The smallest absolute Gasteiger partial charge is 0.269 e. The molecule has 0 spiro atoms. The first kappa shape index (κ1) is 24.1. The summed E-state index contributed by atoms with van der Waals surface area (Å²) in [5.74, 6) is -1.28. The van der Waals surface area contributed by atoms with Crippen LogP contribution in [0.5, 0.6) is 5.75 Å². The molecule has 1 unspecified atom stereocenters. The fourth-order valence-corrected chi connectivity index (χ4v) is 9.84. The minimum atomic E-state index is -2.41. The summed E-state index contributed by atoms with van der Waals surface area (Å²) in [4.78, 5) is 15.6. The Morgan fingerprint density at radius 1 is 0.735 bits per heavy atom. The standard InChI is InChI=1S/C28H23FNO2P.BrH/c29-24-17-10-18-25(27(24)31)30-20-19-26(28(30)32)33(21-11-4-1-5-12-21,22-13-6-2-7-14-22)23-15-8-3-9-16-23;/h1-18,26H,19-20H2;1H. The number of benzene rings is 4. The van der Waals surface area contributed by atoms with E-state index >= 15 is 0 Å². The van der Waals surface area contributed by atoms with E-state index in [-0.39, 0.29) is 34.2 Å². The number of amides is 1. The molecule has 1 N–H and O–H groups in total. The van der Waals surface area contributed by atoms with Crippen molar-refractivity contribution in [1.29, 1.82) is 0 Å². The highest BCUT2D eigenvalue weighted by Gasteiger charge is 2.58. The van der Waals surface area contributed by atoms with Crippen LogP contribution < -0.4 is 37.8 Å². The van der Waals surface area contributed by atoms with Crippen LogP contribution >= 0.6 is 7.26 Å². The van der Waals surface area contributed by atoms with Gasteiger partial charge >= 0.3 is 0 Å². The molecule has 5 rings (SSSR count). The second-order valence-corrected chi connectivity index (χ2v) is 11.7. The van der Waals surface area contributed by atoms with Gasteiger partial charge in [-0.3, -0.25) is 4.79 Å². The van der Waals surface area contributed by atoms with Gasteiger partial charge in [0.1, 0.15) is 23.2 Å². The molecular weight excluding hydrogens is 512 g/mol. The number of nitrogens with zero attached hydrogens (tertiary/aromatic N) is 1. The molecule has 6 heteroatoms. The largest absolute Gasteiger partial charge is 1.00 e. The summed E-state index contributed by atoms with van der Waals surface area (Å²) in [5, 5.41) is 13.7. The number of phenols is 1. The number of rotatable bonds is 5. The summed E-state index contributed by atoms with van der Waals surface area (Å²) in [5.41, 5.74) is -0.0952. The lowest BCUT2D eigenvalue weighted by molar-refractivity contribution is -0.116. The zero-order valence-electron chi connectivity index (χ0n) is 18.4. The van der Waals surface area contributed by atoms with Crippen molar-refractivity contribution in [2.24, 2.45) is 0 Å². The Morgan fingerprint density at radius 2 is 1.21 bits per heavy atom. The second-order valence-electron chi connectivity index (χ2n) is 8.13. The third-order valence-corrected chi connectivity index (χ3v) is 11.1. The predicted molar refractivity (Wildman–Crippen MR) is 134 cm³/mol. The molecule has 4 aromatic rings. The van der Waals surface area contributed by atoms with Gasteiger partial charge in [-0.05, 0) is 48.5 Å². The van der Waals surface area contributed by atoms with E-state index in [1.54, 1.807) is 11.0 Å². The van der Waals surface area contributed by atoms with Gasteiger partial charge in [-0.25, -0.2) is 4.39 Å². The summed E-state index contributed by atoms with van der Waals surface area (Å²) in [6, 6.07) is 35.1. The van der Waals surface area contributed by atoms with Crippen molar-refractivity contribution < 1.29 is 31.3 Å². The molecule has 1 atom stereocenters. The first-order valence-electron chi connectivity index (χ1n) is 11.0. The molecule has 0 radical (unpaired) electrons. The van der Waals surface area contributed by atoms with Crippen LogP contribution in [0.4, 0.5) is 10.1 Å². The van der Waals surface area contributed by atoms with Crippen LogP contribution in [-0.4, -0.2) is 23.2 Å². The summed E-state index contributed by atoms with van der Waals surface area (Å²) in [7, 11) is -2.41. The van der Waals surface area contributed by atoms with E-state index in [1.807, 2.05) is 54.6 Å². The molecule has 0 bridgehead atoms. The number of anilines is 1. The first-order valence-corrected chi connectivity index (χ1v) is 12.8. The highest BCUT2D eigenvalue weighted by molar-refractivity contribution is 7.97. The molecule has 0 aromatic heterocycles. The normalized spacial score (nSPS) is 15.7. The quantitative estimate of drug-likeness (QED) is 0.395. The molecule has 0 saturated carbocycles. The number of carbonyl (C=O) groups is 1. The molecule has 1 fully saturated rings. The highest BCUT2D eigenvalue weighted by atomic mass is 79.9. The number of hydrogen-bond donors (Lipinski definition) is 1. The van der Waals surface area contributed by atoms with Gasteiger partial charge in [-0.15, -0.1) is 0 Å². The minimum Gasteiger partial charge on any atom is -1.00 e. The van der Waals surface area contributed by atoms with Crippen LogP contribution in [0.2, 0.25) is 0 Å². The Kier molecular flexibility index (Phi) is 7.16. The third kappa shape index (κ3) is 3.93. The molecule has 1 aliphatic rings. The average molecular weight is 536 g/mol. The Morgan fingerprint density at radius 3 is 1.68 bits per heavy atom. The van der Waals surface area contributed by atoms with Crippen molar-refractivity contribution in [2.45, 2.75) is 12.1 Å². The second kappa shape index (κ2) is 10.1. The molecule has 3 nitrogen and oxygen atoms in total. The van der Waals surface area contributed by atoms with E-state index in [4.69, 9.17) is 0 Å². The van der Waals surface area contributed by atoms with Crippen LogP contribution in [0.1, 0.15) is 6.42 Å². The van der Waals surface area contributed by atoms with Crippen molar-refractivity contribution in [3.8, 4) is 5.75 Å². The predicted octanol–water partition coefficient (Wildman–Crippen LogP) is 1.63. The molecule has 1 heterocycles. The first-order chi connectivity index (χ1) is 16.1. The fraction of sp³-hybridized carbons (Fsp3) is 0.107. The summed E-state index contributed by atoms with van der Waals surface area (Å²) in [6.45, 7) is 0.425. The molecule has 4 aromatic carbocycles. The highest BCUT2D eigenvalue weighted by Crippen LogP contribution is 2.62. The molecule has 1 amide bonds. The maximum absolute atomic E-state index is 14.1. The number of para-hydroxylation sites is 1. The van der Waals surface area contributed by atoms with Crippen LogP contribution in [0.25, 0.3) is 0 Å². The molecule has 1 aliphatic heterocycles. The van der Waals surface area contributed by atoms with E-state index in [9.17, 15) is 14.3 Å². The Hall–Kier alpha value is -3.01. The van der Waals surface area contributed by atoms with Gasteiger partial charge in [0.05, 0.1) is 5.69 Å². The van der Waals surface area contributed by atoms with E-state index in [0.29, 0.717) is 13.0 Å². The van der Waals surface area contributed by atoms with E-state index in [0.717, 1.165) is 15.9 Å². The van der Waals surface area contributed by atoms with Crippen molar-refractivity contribution >= 4 is 34.8 Å². The maximum atomic E-state index is 14.1. The zero-order valence-corrected chi connectivity index (χ0v) is 20.9. The fourth-order valence-electron chi connectivity index (χ4n) is 4.96. The van der Waals surface area contributed by atoms with Gasteiger partial charge in [-0.1, -0.05) is 60.7 Å². The number of hydrogen-bond acceptors (Lipinski definition) is 2. The molecule has 172 valence electrons. The lowest BCUT2D eigenvalue weighted by atomic mass is 10.2. The molecular formula is C28H24BrFNO2P. The maximum Gasteiger partial charge on any atom is 0.269 e.